The van der Waals surface area contributed by atoms with Crippen molar-refractivity contribution in [2.24, 2.45) is 0 Å². The number of aliphatic carboxylic acids is 1. The SMILES string of the molecule is Cc1c(CC(=O)O)cc2c(c1C(=O)c1ccoc1)OCC2. The van der Waals surface area contributed by atoms with E-state index in [-0.39, 0.29) is 12.2 Å². The molecule has 0 spiro atoms. The van der Waals surface area contributed by atoms with Gasteiger partial charge in [-0.05, 0) is 29.7 Å². The van der Waals surface area contributed by atoms with E-state index in [1.807, 2.05) is 6.07 Å². The predicted octanol–water partition coefficient (Wildman–Crippen LogP) is 2.38. The molecule has 0 amide bonds. The van der Waals surface area contributed by atoms with Crippen LogP contribution in [0.4, 0.5) is 0 Å². The fourth-order valence-electron chi connectivity index (χ4n) is 2.65. The van der Waals surface area contributed by atoms with Crippen molar-refractivity contribution in [1.82, 2.24) is 0 Å². The van der Waals surface area contributed by atoms with Crippen molar-refractivity contribution in [1.29, 1.82) is 0 Å². The maximum Gasteiger partial charge on any atom is 0.307 e. The van der Waals surface area contributed by atoms with Crippen molar-refractivity contribution in [2.75, 3.05) is 6.61 Å². The van der Waals surface area contributed by atoms with E-state index in [0.717, 1.165) is 5.56 Å². The number of rotatable bonds is 4. The lowest BCUT2D eigenvalue weighted by atomic mass is 9.91. The van der Waals surface area contributed by atoms with Gasteiger partial charge in [-0.15, -0.1) is 0 Å². The molecule has 0 atom stereocenters. The molecule has 1 N–H and O–H groups in total. The lowest BCUT2D eigenvalue weighted by Gasteiger charge is -2.13. The second-order valence-electron chi connectivity index (χ2n) is 5.03. The zero-order valence-corrected chi connectivity index (χ0v) is 11.5. The van der Waals surface area contributed by atoms with Crippen molar-refractivity contribution in [3.05, 3.63) is 52.5 Å². The van der Waals surface area contributed by atoms with Gasteiger partial charge in [0.25, 0.3) is 0 Å². The van der Waals surface area contributed by atoms with Gasteiger partial charge in [0.05, 0.1) is 30.4 Å². The molecule has 1 aromatic heterocycles. The Balaban J connectivity index is 2.16. The second kappa shape index (κ2) is 5.09. The second-order valence-corrected chi connectivity index (χ2v) is 5.03. The number of furan rings is 1. The number of hydrogen-bond acceptors (Lipinski definition) is 4. The summed E-state index contributed by atoms with van der Waals surface area (Å²) in [6.07, 6.45) is 3.40. The summed E-state index contributed by atoms with van der Waals surface area (Å²) in [6, 6.07) is 3.42. The molecular formula is C16H14O5. The molecule has 1 aromatic carbocycles. The first kappa shape index (κ1) is 13.4. The topological polar surface area (TPSA) is 76.7 Å². The van der Waals surface area contributed by atoms with Crippen LogP contribution in [0.1, 0.15) is 32.6 Å². The maximum absolute atomic E-state index is 12.6. The number of ether oxygens (including phenoxy) is 1. The molecule has 0 saturated carbocycles. The van der Waals surface area contributed by atoms with E-state index in [4.69, 9.17) is 14.3 Å². The number of carboxylic acids is 1. The Morgan fingerprint density at radius 1 is 1.38 bits per heavy atom. The number of hydrogen-bond donors (Lipinski definition) is 1. The van der Waals surface area contributed by atoms with Crippen LogP contribution < -0.4 is 4.74 Å². The van der Waals surface area contributed by atoms with Gasteiger partial charge in [-0.3, -0.25) is 9.59 Å². The van der Waals surface area contributed by atoms with Crippen LogP contribution in [0.15, 0.2) is 29.1 Å². The van der Waals surface area contributed by atoms with E-state index in [0.29, 0.717) is 41.0 Å². The first-order chi connectivity index (χ1) is 10.1. The van der Waals surface area contributed by atoms with Gasteiger partial charge in [0.1, 0.15) is 12.0 Å². The Hall–Kier alpha value is -2.56. The third kappa shape index (κ3) is 2.31. The summed E-state index contributed by atoms with van der Waals surface area (Å²) in [5.41, 5.74) is 3.08. The molecule has 3 rings (SSSR count). The summed E-state index contributed by atoms with van der Waals surface area (Å²) in [4.78, 5) is 23.6. The molecular weight excluding hydrogens is 272 g/mol. The fraction of sp³-hybridized carbons (Fsp3) is 0.250. The number of fused-ring (bicyclic) bond motifs is 1. The highest BCUT2D eigenvalue weighted by molar-refractivity contribution is 6.12. The zero-order chi connectivity index (χ0) is 15.0. The van der Waals surface area contributed by atoms with E-state index in [2.05, 4.69) is 0 Å². The minimum absolute atomic E-state index is 0.106. The van der Waals surface area contributed by atoms with Gasteiger partial charge in [-0.2, -0.15) is 0 Å². The minimum atomic E-state index is -0.918. The third-order valence-corrected chi connectivity index (χ3v) is 3.69. The molecule has 108 valence electrons. The van der Waals surface area contributed by atoms with Gasteiger partial charge < -0.3 is 14.3 Å². The molecule has 0 radical (unpaired) electrons. The van der Waals surface area contributed by atoms with Crippen LogP contribution in [0.3, 0.4) is 0 Å². The molecule has 21 heavy (non-hydrogen) atoms. The Morgan fingerprint density at radius 3 is 2.86 bits per heavy atom. The average Bonchev–Trinajstić information content (AvgIpc) is 3.08. The van der Waals surface area contributed by atoms with Crippen LogP contribution >= 0.6 is 0 Å². The first-order valence-electron chi connectivity index (χ1n) is 6.64. The molecule has 0 unspecified atom stereocenters. The molecule has 2 heterocycles. The lowest BCUT2D eigenvalue weighted by molar-refractivity contribution is -0.136. The Labute approximate surface area is 121 Å². The van der Waals surface area contributed by atoms with Crippen LogP contribution in [-0.2, 0) is 17.6 Å². The van der Waals surface area contributed by atoms with E-state index in [1.165, 1.54) is 12.5 Å². The lowest BCUT2D eigenvalue weighted by Crippen LogP contribution is -2.10. The Kier molecular flexibility index (Phi) is 3.25. The van der Waals surface area contributed by atoms with E-state index in [1.54, 1.807) is 13.0 Å². The smallest absolute Gasteiger partial charge is 0.307 e. The number of carbonyl (C=O) groups is 2. The summed E-state index contributed by atoms with van der Waals surface area (Å²) < 4.78 is 10.5. The Morgan fingerprint density at radius 2 is 2.19 bits per heavy atom. The number of carboxylic acid groups (broad SMARTS) is 1. The molecule has 0 aliphatic carbocycles. The number of ketones is 1. The van der Waals surface area contributed by atoms with Gasteiger partial charge in [-0.1, -0.05) is 6.07 Å². The molecule has 0 saturated heterocycles. The van der Waals surface area contributed by atoms with Gasteiger partial charge in [0, 0.05) is 6.42 Å². The molecule has 5 heteroatoms. The summed E-state index contributed by atoms with van der Waals surface area (Å²) in [5.74, 6) is -0.543. The van der Waals surface area contributed by atoms with Crippen LogP contribution in [0.25, 0.3) is 0 Å². The predicted molar refractivity (Wildman–Crippen MR) is 73.9 cm³/mol. The van der Waals surface area contributed by atoms with Gasteiger partial charge in [0.2, 0.25) is 0 Å². The van der Waals surface area contributed by atoms with E-state index < -0.39 is 5.97 Å². The molecule has 1 aliphatic heterocycles. The normalized spacial score (nSPS) is 12.8. The highest BCUT2D eigenvalue weighted by Gasteiger charge is 2.27. The van der Waals surface area contributed by atoms with Gasteiger partial charge >= 0.3 is 5.97 Å². The van der Waals surface area contributed by atoms with Crippen molar-refractivity contribution < 1.29 is 23.8 Å². The van der Waals surface area contributed by atoms with Crippen LogP contribution in [-0.4, -0.2) is 23.5 Å². The number of benzene rings is 1. The number of carbonyl (C=O) groups excluding carboxylic acids is 1. The highest BCUT2D eigenvalue weighted by Crippen LogP contribution is 2.36. The van der Waals surface area contributed by atoms with Crippen LogP contribution in [0.5, 0.6) is 5.75 Å². The molecule has 2 aromatic rings. The summed E-state index contributed by atoms with van der Waals surface area (Å²) in [6.45, 7) is 2.27. The van der Waals surface area contributed by atoms with Crippen molar-refractivity contribution in [3.63, 3.8) is 0 Å². The quantitative estimate of drug-likeness (QED) is 0.873. The maximum atomic E-state index is 12.6. The van der Waals surface area contributed by atoms with E-state index >= 15 is 0 Å². The molecule has 0 fully saturated rings. The average molecular weight is 286 g/mol. The van der Waals surface area contributed by atoms with E-state index in [9.17, 15) is 9.59 Å². The largest absolute Gasteiger partial charge is 0.492 e. The van der Waals surface area contributed by atoms with Gasteiger partial charge in [-0.25, -0.2) is 0 Å². The molecule has 5 nitrogen and oxygen atoms in total. The molecule has 1 aliphatic rings. The fourth-order valence-corrected chi connectivity index (χ4v) is 2.65. The van der Waals surface area contributed by atoms with Gasteiger partial charge in [0.15, 0.2) is 5.78 Å². The van der Waals surface area contributed by atoms with Crippen LogP contribution in [0, 0.1) is 6.92 Å². The highest BCUT2D eigenvalue weighted by atomic mass is 16.5. The standard InChI is InChI=1S/C16H14O5/c1-9-12(7-13(17)18)6-10-3-5-21-16(10)14(9)15(19)11-2-4-20-8-11/h2,4,6,8H,3,5,7H2,1H3,(H,17,18). The van der Waals surface area contributed by atoms with Crippen molar-refractivity contribution in [3.8, 4) is 5.75 Å². The monoisotopic (exact) mass is 286 g/mol. The van der Waals surface area contributed by atoms with Crippen LogP contribution in [0.2, 0.25) is 0 Å². The van der Waals surface area contributed by atoms with Crippen molar-refractivity contribution in [2.45, 2.75) is 19.8 Å². The van der Waals surface area contributed by atoms with Crippen molar-refractivity contribution >= 4 is 11.8 Å². The minimum Gasteiger partial charge on any atom is -0.492 e. The summed E-state index contributed by atoms with van der Waals surface area (Å²) >= 11 is 0. The first-order valence-corrected chi connectivity index (χ1v) is 6.64. The third-order valence-electron chi connectivity index (χ3n) is 3.69. The zero-order valence-electron chi connectivity index (χ0n) is 11.5. The molecule has 0 bridgehead atoms. The Bertz CT molecular complexity index is 713. The summed E-state index contributed by atoms with van der Waals surface area (Å²) in [7, 11) is 0. The summed E-state index contributed by atoms with van der Waals surface area (Å²) in [5, 5.41) is 9.02.